The van der Waals surface area contributed by atoms with Gasteiger partial charge in [-0.1, -0.05) is 25.5 Å². The summed E-state index contributed by atoms with van der Waals surface area (Å²) in [5, 5.41) is 11.4. The molecular formula is C19H26O5. The van der Waals surface area contributed by atoms with E-state index < -0.39 is 34.4 Å². The Bertz CT molecular complexity index is 677. The van der Waals surface area contributed by atoms with Gasteiger partial charge in [0.15, 0.2) is 11.4 Å². The Morgan fingerprint density at radius 3 is 2.42 bits per heavy atom. The van der Waals surface area contributed by atoms with Crippen molar-refractivity contribution in [3.05, 3.63) is 11.6 Å². The molecule has 0 aromatic heterocycles. The van der Waals surface area contributed by atoms with Crippen molar-refractivity contribution in [3.63, 3.8) is 0 Å². The minimum atomic E-state index is -1.82. The third kappa shape index (κ3) is 1.45. The fraction of sp³-hybridized carbons (Fsp3) is 0.789. The van der Waals surface area contributed by atoms with Crippen LogP contribution in [0.1, 0.15) is 47.5 Å². The summed E-state index contributed by atoms with van der Waals surface area (Å²) >= 11 is 0. The predicted octanol–water partition coefficient (Wildman–Crippen LogP) is 1.81. The van der Waals surface area contributed by atoms with Crippen molar-refractivity contribution in [1.82, 2.24) is 0 Å². The summed E-state index contributed by atoms with van der Waals surface area (Å²) in [7, 11) is 0. The molecule has 1 N–H and O–H groups in total. The number of aliphatic hydroxyl groups is 1. The van der Waals surface area contributed by atoms with Crippen molar-refractivity contribution in [1.29, 1.82) is 0 Å². The van der Waals surface area contributed by atoms with Gasteiger partial charge in [0.05, 0.1) is 18.6 Å². The molecule has 24 heavy (non-hydrogen) atoms. The smallest absolute Gasteiger partial charge is 0.164 e. The standard InChI is InChI=1S/C19H26O5/c1-10-6-7-16(4)13(8-10)24-15-18(9-23-18)17(16,5)14(11(2)20)19(15,22)12(3)21/h8,13-15,22H,6-7,9H2,1-5H3/t13-,14?,15+,16+,17-,18+,19-/m1/s1. The third-order valence-electron chi connectivity index (χ3n) is 7.72. The quantitative estimate of drug-likeness (QED) is 0.616. The fourth-order valence-electron chi connectivity index (χ4n) is 6.14. The molecule has 2 heterocycles. The van der Waals surface area contributed by atoms with Crippen LogP contribution < -0.4 is 0 Å². The molecule has 4 rings (SSSR count). The minimum absolute atomic E-state index is 0.163. The Morgan fingerprint density at radius 1 is 1.29 bits per heavy atom. The molecule has 2 aliphatic carbocycles. The van der Waals surface area contributed by atoms with Gasteiger partial charge in [-0.2, -0.15) is 0 Å². The lowest BCUT2D eigenvalue weighted by Gasteiger charge is -2.57. The molecule has 3 fully saturated rings. The third-order valence-corrected chi connectivity index (χ3v) is 7.72. The highest BCUT2D eigenvalue weighted by Crippen LogP contribution is 2.75. The van der Waals surface area contributed by atoms with Gasteiger partial charge in [0.1, 0.15) is 17.5 Å². The summed E-state index contributed by atoms with van der Waals surface area (Å²) < 4.78 is 12.2. The van der Waals surface area contributed by atoms with E-state index in [9.17, 15) is 14.7 Å². The highest BCUT2D eigenvalue weighted by molar-refractivity contribution is 5.96. The summed E-state index contributed by atoms with van der Waals surface area (Å²) in [6.45, 7) is 9.49. The van der Waals surface area contributed by atoms with Gasteiger partial charge in [-0.25, -0.2) is 0 Å². The first-order valence-corrected chi connectivity index (χ1v) is 8.76. The van der Waals surface area contributed by atoms with Gasteiger partial charge >= 0.3 is 0 Å². The first-order valence-electron chi connectivity index (χ1n) is 8.76. The van der Waals surface area contributed by atoms with E-state index in [1.165, 1.54) is 19.4 Å². The van der Waals surface area contributed by atoms with Gasteiger partial charge in [-0.05, 0) is 33.6 Å². The molecule has 132 valence electrons. The molecule has 5 nitrogen and oxygen atoms in total. The van der Waals surface area contributed by atoms with Crippen LogP contribution in [0.5, 0.6) is 0 Å². The number of carbonyl (C=O) groups excluding carboxylic acids is 2. The van der Waals surface area contributed by atoms with Gasteiger partial charge in [-0.15, -0.1) is 0 Å². The molecule has 2 bridgehead atoms. The number of allylic oxidation sites excluding steroid dienone is 1. The van der Waals surface area contributed by atoms with Crippen molar-refractivity contribution in [2.24, 2.45) is 16.7 Å². The Balaban J connectivity index is 2.00. The van der Waals surface area contributed by atoms with Crippen molar-refractivity contribution in [2.75, 3.05) is 6.61 Å². The van der Waals surface area contributed by atoms with E-state index in [0.29, 0.717) is 6.61 Å². The van der Waals surface area contributed by atoms with Crippen LogP contribution in [0.3, 0.4) is 0 Å². The summed E-state index contributed by atoms with van der Waals surface area (Å²) in [5.74, 6) is -1.38. The second-order valence-electron chi connectivity index (χ2n) is 8.67. The van der Waals surface area contributed by atoms with Crippen LogP contribution in [0.4, 0.5) is 0 Å². The van der Waals surface area contributed by atoms with Gasteiger partial charge in [-0.3, -0.25) is 9.59 Å². The molecule has 0 radical (unpaired) electrons. The minimum Gasteiger partial charge on any atom is -0.378 e. The number of hydrogen-bond donors (Lipinski definition) is 1. The van der Waals surface area contributed by atoms with Crippen LogP contribution in [0.2, 0.25) is 0 Å². The zero-order chi connectivity index (χ0) is 17.7. The average molecular weight is 334 g/mol. The maximum atomic E-state index is 12.7. The molecule has 4 aliphatic rings. The molecule has 0 amide bonds. The molecule has 2 aliphatic heterocycles. The Morgan fingerprint density at radius 2 is 1.92 bits per heavy atom. The van der Waals surface area contributed by atoms with E-state index in [2.05, 4.69) is 19.9 Å². The number of fused-ring (bicyclic) bond motifs is 2. The molecule has 1 unspecified atom stereocenters. The normalized spacial score (nSPS) is 55.1. The number of ketones is 2. The Labute approximate surface area is 142 Å². The van der Waals surface area contributed by atoms with Gasteiger partial charge in [0.2, 0.25) is 0 Å². The van der Waals surface area contributed by atoms with E-state index in [1.54, 1.807) is 0 Å². The van der Waals surface area contributed by atoms with Crippen molar-refractivity contribution in [3.8, 4) is 0 Å². The molecule has 7 atom stereocenters. The zero-order valence-electron chi connectivity index (χ0n) is 15.0. The Kier molecular flexibility index (Phi) is 2.99. The van der Waals surface area contributed by atoms with Gasteiger partial charge < -0.3 is 14.6 Å². The van der Waals surface area contributed by atoms with Crippen LogP contribution >= 0.6 is 0 Å². The van der Waals surface area contributed by atoms with Crippen LogP contribution in [-0.4, -0.2) is 46.7 Å². The number of epoxide rings is 1. The lowest BCUT2D eigenvalue weighted by molar-refractivity contribution is -0.209. The highest BCUT2D eigenvalue weighted by Gasteiger charge is 2.88. The second-order valence-corrected chi connectivity index (χ2v) is 8.67. The molecular weight excluding hydrogens is 308 g/mol. The van der Waals surface area contributed by atoms with E-state index >= 15 is 0 Å². The lowest BCUT2D eigenvalue weighted by atomic mass is 9.49. The van der Waals surface area contributed by atoms with Gasteiger partial charge in [0.25, 0.3) is 0 Å². The molecule has 1 spiro atoms. The van der Waals surface area contributed by atoms with Crippen LogP contribution in [-0.2, 0) is 19.1 Å². The summed E-state index contributed by atoms with van der Waals surface area (Å²) in [5.41, 5.74) is -2.32. The summed E-state index contributed by atoms with van der Waals surface area (Å²) in [6, 6.07) is 0. The molecule has 0 aromatic carbocycles. The number of rotatable bonds is 2. The van der Waals surface area contributed by atoms with Crippen LogP contribution in [0.15, 0.2) is 11.6 Å². The molecule has 2 saturated heterocycles. The van der Waals surface area contributed by atoms with E-state index in [4.69, 9.17) is 9.47 Å². The van der Waals surface area contributed by atoms with Crippen LogP contribution in [0, 0.1) is 16.7 Å². The topological polar surface area (TPSA) is 76.1 Å². The van der Waals surface area contributed by atoms with Gasteiger partial charge in [0, 0.05) is 10.8 Å². The van der Waals surface area contributed by atoms with Crippen molar-refractivity contribution >= 4 is 11.6 Å². The van der Waals surface area contributed by atoms with Crippen molar-refractivity contribution < 1.29 is 24.2 Å². The molecule has 5 heteroatoms. The van der Waals surface area contributed by atoms with E-state index in [-0.39, 0.29) is 17.3 Å². The number of carbonyl (C=O) groups is 2. The SMILES string of the molecule is CC(=O)C1[C@]2(C)[C@@]3(C)CCC(C)=C[C@H]3O[C@H]([C@@]1(O)C(C)=O)[C@@]21CO1. The monoisotopic (exact) mass is 334 g/mol. The zero-order valence-corrected chi connectivity index (χ0v) is 15.0. The summed E-state index contributed by atoms with van der Waals surface area (Å²) in [4.78, 5) is 25.2. The Hall–Kier alpha value is -1.04. The van der Waals surface area contributed by atoms with E-state index in [0.717, 1.165) is 12.8 Å². The maximum absolute atomic E-state index is 12.7. The van der Waals surface area contributed by atoms with E-state index in [1.807, 2.05) is 6.92 Å². The maximum Gasteiger partial charge on any atom is 0.164 e. The molecule has 0 aromatic rings. The fourth-order valence-corrected chi connectivity index (χ4v) is 6.14. The highest BCUT2D eigenvalue weighted by atomic mass is 16.6. The largest absolute Gasteiger partial charge is 0.378 e. The second kappa shape index (κ2) is 4.37. The number of Topliss-reactive ketones (excluding diaryl/α,β-unsaturated/α-hetero) is 2. The number of hydrogen-bond acceptors (Lipinski definition) is 5. The first-order chi connectivity index (χ1) is 11.1. The molecule has 1 saturated carbocycles. The lowest BCUT2D eigenvalue weighted by Crippen LogP contribution is -2.63. The summed E-state index contributed by atoms with van der Waals surface area (Å²) in [6.07, 6.45) is 2.88. The predicted molar refractivity (Wildman–Crippen MR) is 86.4 cm³/mol. The van der Waals surface area contributed by atoms with Crippen molar-refractivity contribution in [2.45, 2.75) is 70.9 Å². The van der Waals surface area contributed by atoms with Crippen LogP contribution in [0.25, 0.3) is 0 Å². The number of ether oxygens (including phenoxy) is 2. The first kappa shape index (κ1) is 16.4. The average Bonchev–Trinajstić information content (AvgIpc) is 3.25.